The summed E-state index contributed by atoms with van der Waals surface area (Å²) in [6.45, 7) is 3.59. The lowest BCUT2D eigenvalue weighted by Gasteiger charge is -2.31. The maximum Gasteiger partial charge on any atom is 0.242 e. The number of amides is 1. The van der Waals surface area contributed by atoms with Gasteiger partial charge in [-0.1, -0.05) is 13.0 Å². The average Bonchev–Trinajstić information content (AvgIpc) is 2.36. The normalized spacial score (nSPS) is 17.3. The third-order valence-corrected chi connectivity index (χ3v) is 5.62. The van der Waals surface area contributed by atoms with Gasteiger partial charge >= 0.3 is 0 Å². The molecule has 0 aliphatic carbocycles. The van der Waals surface area contributed by atoms with Gasteiger partial charge in [0.1, 0.15) is 0 Å². The van der Waals surface area contributed by atoms with E-state index >= 15 is 0 Å². The van der Waals surface area contributed by atoms with Gasteiger partial charge in [0.15, 0.2) is 0 Å². The minimum absolute atomic E-state index is 0.0825. The molecular formula is C14H21N3O3S. The van der Waals surface area contributed by atoms with Crippen molar-refractivity contribution >= 4 is 21.6 Å². The molecule has 0 saturated carbocycles. The summed E-state index contributed by atoms with van der Waals surface area (Å²) in [5, 5.41) is 5.93. The minimum Gasteiger partial charge on any atom is -0.326 e. The van der Waals surface area contributed by atoms with E-state index in [1.807, 2.05) is 6.92 Å². The van der Waals surface area contributed by atoms with Gasteiger partial charge in [-0.25, -0.2) is 12.7 Å². The highest BCUT2D eigenvalue weighted by Gasteiger charge is 2.28. The van der Waals surface area contributed by atoms with E-state index in [0.29, 0.717) is 11.6 Å². The number of anilines is 1. The summed E-state index contributed by atoms with van der Waals surface area (Å²) in [6.07, 6.45) is 0. The Balaban J connectivity index is 2.13. The highest BCUT2D eigenvalue weighted by Crippen LogP contribution is 2.21. The van der Waals surface area contributed by atoms with E-state index < -0.39 is 10.0 Å². The molecule has 1 saturated heterocycles. The Morgan fingerprint density at radius 1 is 1.38 bits per heavy atom. The van der Waals surface area contributed by atoms with Crippen LogP contribution < -0.4 is 10.6 Å². The highest BCUT2D eigenvalue weighted by atomic mass is 32.2. The summed E-state index contributed by atoms with van der Waals surface area (Å²) in [5.74, 6) is 0.167. The van der Waals surface area contributed by atoms with Gasteiger partial charge in [0.2, 0.25) is 15.9 Å². The lowest BCUT2D eigenvalue weighted by molar-refractivity contribution is -0.121. The highest BCUT2D eigenvalue weighted by molar-refractivity contribution is 7.89. The molecule has 1 atom stereocenters. The first-order chi connectivity index (χ1) is 9.82. The summed E-state index contributed by atoms with van der Waals surface area (Å²) in [7, 11) is -0.536. The first-order valence-electron chi connectivity index (χ1n) is 6.86. The molecule has 0 bridgehead atoms. The second-order valence-electron chi connectivity index (χ2n) is 5.51. The van der Waals surface area contributed by atoms with E-state index in [9.17, 15) is 13.2 Å². The first kappa shape index (κ1) is 15.9. The van der Waals surface area contributed by atoms with Crippen molar-refractivity contribution in [1.82, 2.24) is 9.62 Å². The zero-order valence-electron chi connectivity index (χ0n) is 12.5. The fourth-order valence-electron chi connectivity index (χ4n) is 2.08. The second kappa shape index (κ2) is 6.13. The number of benzene rings is 1. The molecule has 2 N–H and O–H groups in total. The van der Waals surface area contributed by atoms with Crippen molar-refractivity contribution in [2.24, 2.45) is 11.8 Å². The third kappa shape index (κ3) is 3.42. The Hall–Kier alpha value is -1.44. The molecule has 1 amide bonds. The first-order valence-corrected chi connectivity index (χ1v) is 8.30. The molecule has 21 heavy (non-hydrogen) atoms. The van der Waals surface area contributed by atoms with E-state index in [1.165, 1.54) is 26.2 Å². The fraction of sp³-hybridized carbons (Fsp3) is 0.500. The minimum atomic E-state index is -3.49. The molecule has 1 aliphatic heterocycles. The van der Waals surface area contributed by atoms with E-state index in [0.717, 1.165) is 17.4 Å². The molecule has 2 rings (SSSR count). The van der Waals surface area contributed by atoms with Crippen LogP contribution in [-0.2, 0) is 14.8 Å². The van der Waals surface area contributed by atoms with Crippen LogP contribution in [0.4, 0.5) is 5.69 Å². The van der Waals surface area contributed by atoms with E-state index in [4.69, 9.17) is 0 Å². The molecule has 7 heteroatoms. The number of hydrogen-bond acceptors (Lipinski definition) is 4. The van der Waals surface area contributed by atoms with Crippen LogP contribution in [0.1, 0.15) is 6.92 Å². The standard InChI is InChI=1S/C14H21N3O3S/c1-10(11-8-15-9-11)14(18)16-12-5-4-6-13(7-12)21(19,20)17(2)3/h4-7,10-11,15H,8-9H2,1-3H3,(H,16,18). The number of nitrogens with zero attached hydrogens (tertiary/aromatic N) is 1. The molecule has 0 aromatic heterocycles. The van der Waals surface area contributed by atoms with E-state index in [1.54, 1.807) is 12.1 Å². The van der Waals surface area contributed by atoms with E-state index in [2.05, 4.69) is 10.6 Å². The Labute approximate surface area is 125 Å². The maximum absolute atomic E-state index is 12.1. The van der Waals surface area contributed by atoms with Crippen LogP contribution in [0.2, 0.25) is 0 Å². The maximum atomic E-state index is 12.1. The predicted octanol–water partition coefficient (Wildman–Crippen LogP) is 0.731. The number of nitrogens with one attached hydrogen (secondary N) is 2. The van der Waals surface area contributed by atoms with Crippen molar-refractivity contribution in [2.45, 2.75) is 11.8 Å². The van der Waals surface area contributed by atoms with Crippen LogP contribution in [0, 0.1) is 11.8 Å². The molecule has 1 aliphatic rings. The van der Waals surface area contributed by atoms with Crippen molar-refractivity contribution in [1.29, 1.82) is 0 Å². The molecule has 1 aromatic carbocycles. The van der Waals surface area contributed by atoms with Gasteiger partial charge in [0, 0.05) is 25.7 Å². The van der Waals surface area contributed by atoms with Gasteiger partial charge in [0.05, 0.1) is 4.90 Å². The molecule has 1 heterocycles. The summed E-state index contributed by atoms with van der Waals surface area (Å²) < 4.78 is 25.3. The summed E-state index contributed by atoms with van der Waals surface area (Å²) in [6, 6.07) is 6.32. The Morgan fingerprint density at radius 2 is 2.05 bits per heavy atom. The third-order valence-electron chi connectivity index (χ3n) is 3.81. The molecular weight excluding hydrogens is 290 g/mol. The fourth-order valence-corrected chi connectivity index (χ4v) is 3.03. The second-order valence-corrected chi connectivity index (χ2v) is 7.66. The van der Waals surface area contributed by atoms with Crippen molar-refractivity contribution in [3.05, 3.63) is 24.3 Å². The van der Waals surface area contributed by atoms with Crippen LogP contribution >= 0.6 is 0 Å². The van der Waals surface area contributed by atoms with Crippen LogP contribution in [-0.4, -0.2) is 45.8 Å². The number of hydrogen-bond donors (Lipinski definition) is 2. The van der Waals surface area contributed by atoms with Gasteiger partial charge in [-0.2, -0.15) is 0 Å². The van der Waals surface area contributed by atoms with Crippen LogP contribution in [0.5, 0.6) is 0 Å². The zero-order valence-corrected chi connectivity index (χ0v) is 13.3. The molecule has 1 unspecified atom stereocenters. The van der Waals surface area contributed by atoms with Crippen molar-refractivity contribution in [2.75, 3.05) is 32.5 Å². The Morgan fingerprint density at radius 3 is 2.57 bits per heavy atom. The van der Waals surface area contributed by atoms with Crippen LogP contribution in [0.25, 0.3) is 0 Å². The van der Waals surface area contributed by atoms with Gasteiger partial charge in [-0.05, 0) is 37.2 Å². The topological polar surface area (TPSA) is 78.5 Å². The molecule has 0 radical (unpaired) electrons. The summed E-state index contributed by atoms with van der Waals surface area (Å²) >= 11 is 0. The molecule has 0 spiro atoms. The molecule has 116 valence electrons. The van der Waals surface area contributed by atoms with Gasteiger partial charge in [-0.3, -0.25) is 4.79 Å². The lowest BCUT2D eigenvalue weighted by Crippen LogP contribution is -2.48. The predicted molar refractivity (Wildman–Crippen MR) is 81.5 cm³/mol. The number of sulfonamides is 1. The summed E-state index contributed by atoms with van der Waals surface area (Å²) in [5.41, 5.74) is 0.502. The van der Waals surface area contributed by atoms with Crippen LogP contribution in [0.15, 0.2) is 29.2 Å². The number of carbonyl (C=O) groups is 1. The zero-order chi connectivity index (χ0) is 15.6. The Kier molecular flexibility index (Phi) is 4.65. The van der Waals surface area contributed by atoms with Crippen molar-refractivity contribution in [3.63, 3.8) is 0 Å². The average molecular weight is 311 g/mol. The quantitative estimate of drug-likeness (QED) is 0.840. The van der Waals surface area contributed by atoms with Crippen molar-refractivity contribution < 1.29 is 13.2 Å². The molecule has 1 fully saturated rings. The number of rotatable bonds is 5. The molecule has 6 nitrogen and oxygen atoms in total. The van der Waals surface area contributed by atoms with Gasteiger partial charge in [-0.15, -0.1) is 0 Å². The lowest BCUT2D eigenvalue weighted by atomic mass is 9.88. The smallest absolute Gasteiger partial charge is 0.242 e. The number of carbonyl (C=O) groups excluding carboxylic acids is 1. The van der Waals surface area contributed by atoms with Gasteiger partial charge in [0.25, 0.3) is 0 Å². The largest absolute Gasteiger partial charge is 0.326 e. The summed E-state index contributed by atoms with van der Waals surface area (Å²) in [4.78, 5) is 12.3. The van der Waals surface area contributed by atoms with Crippen LogP contribution in [0.3, 0.4) is 0 Å². The SMILES string of the molecule is CC(C(=O)Nc1cccc(S(=O)(=O)N(C)C)c1)C1CNC1. The Bertz CT molecular complexity index is 624. The van der Waals surface area contributed by atoms with E-state index in [-0.39, 0.29) is 16.7 Å². The monoisotopic (exact) mass is 311 g/mol. The molecule has 1 aromatic rings. The van der Waals surface area contributed by atoms with Gasteiger partial charge < -0.3 is 10.6 Å². The van der Waals surface area contributed by atoms with Crippen molar-refractivity contribution in [3.8, 4) is 0 Å².